The number of ether oxygens (including phenoxy) is 1. The van der Waals surface area contributed by atoms with Gasteiger partial charge in [0.2, 0.25) is 11.6 Å². The molecule has 2 aromatic heterocycles. The van der Waals surface area contributed by atoms with Crippen molar-refractivity contribution in [3.63, 3.8) is 0 Å². The summed E-state index contributed by atoms with van der Waals surface area (Å²) in [6.45, 7) is 1.63. The summed E-state index contributed by atoms with van der Waals surface area (Å²) in [5.41, 5.74) is 10.8. The molecular weight excluding hydrogens is 569 g/mol. The number of anilines is 1. The van der Waals surface area contributed by atoms with Gasteiger partial charge in [-0.15, -0.1) is 5.10 Å². The van der Waals surface area contributed by atoms with Gasteiger partial charge in [0.25, 0.3) is 5.91 Å². The maximum atomic E-state index is 13.0. The molecule has 0 spiro atoms. The summed E-state index contributed by atoms with van der Waals surface area (Å²) >= 11 is 6.59. The summed E-state index contributed by atoms with van der Waals surface area (Å²) in [6.07, 6.45) is 1.57. The number of aromatic nitrogens is 5. The molecule has 3 N–H and O–H groups in total. The number of hydrazone groups is 1. The quantitative estimate of drug-likeness (QED) is 0.276. The van der Waals surface area contributed by atoms with E-state index in [0.717, 1.165) is 56.0 Å². The maximum absolute atomic E-state index is 13.0. The van der Waals surface area contributed by atoms with Gasteiger partial charge in [-0.25, -0.2) is 10.1 Å². The van der Waals surface area contributed by atoms with Crippen LogP contribution in [0.3, 0.4) is 0 Å². The molecule has 4 heterocycles. The zero-order valence-corrected chi connectivity index (χ0v) is 23.3. The molecule has 2 aliphatic heterocycles. The Labute approximate surface area is 234 Å². The van der Waals surface area contributed by atoms with Crippen molar-refractivity contribution in [3.05, 3.63) is 40.7 Å². The predicted octanol–water partition coefficient (Wildman–Crippen LogP) is 2.68. The number of carbonyl (C=O) groups excluding carboxylic acids is 1. The monoisotopic (exact) mass is 590 g/mol. The van der Waals surface area contributed by atoms with Gasteiger partial charge in [0.05, 0.1) is 32.1 Å². The number of nitrogens with one attached hydrogen (secondary N) is 1. The molecule has 0 unspecified atom stereocenters. The Hall–Kier alpha value is -3.02. The number of carbonyl (C=O) groups is 1. The second kappa shape index (κ2) is 12.7. The molecule has 1 amide bonds. The summed E-state index contributed by atoms with van der Waals surface area (Å²) in [4.78, 5) is 21.9. The Balaban J connectivity index is 1.29. The third kappa shape index (κ3) is 6.33. The Bertz CT molecular complexity index is 1400. The Kier molecular flexibility index (Phi) is 8.87. The lowest BCUT2D eigenvalue weighted by atomic mass is 10.1. The number of nitrogens with two attached hydrogens (primary N) is 1. The molecule has 0 bridgehead atoms. The van der Waals surface area contributed by atoms with Gasteiger partial charge < -0.3 is 10.5 Å². The Morgan fingerprint density at radius 1 is 1.21 bits per heavy atom. The van der Waals surface area contributed by atoms with Crippen molar-refractivity contribution in [2.75, 3.05) is 37.4 Å². The molecule has 0 aliphatic carbocycles. The van der Waals surface area contributed by atoms with Gasteiger partial charge in [0.15, 0.2) is 5.69 Å². The van der Waals surface area contributed by atoms with E-state index in [0.29, 0.717) is 11.4 Å². The lowest BCUT2D eigenvalue weighted by Gasteiger charge is -2.09. The van der Waals surface area contributed by atoms with Crippen LogP contribution in [0.1, 0.15) is 27.3 Å². The highest BCUT2D eigenvalue weighted by Gasteiger charge is 2.25. The Morgan fingerprint density at radius 2 is 1.97 bits per heavy atom. The standard InChI is InChI=1S/C21H22N10O3S4/c1-33-15-3-2-12(8-13(15)10-37-20-23-4-6-35-20)9-25-27-19(32)16-14(11-38-21-24-5-7-36-21)31(30-26-16)18-17(22)28-34-29-18/h2-3,8-9H,4-7,10-11H2,1H3,(H2,22,28)(H,27,32)/b25-9+. The zero-order chi connectivity index (χ0) is 26.3. The summed E-state index contributed by atoms with van der Waals surface area (Å²) < 4.78 is 13.6. The van der Waals surface area contributed by atoms with E-state index in [1.807, 2.05) is 18.2 Å². The van der Waals surface area contributed by atoms with Crippen molar-refractivity contribution in [3.8, 4) is 11.6 Å². The number of nitrogen functional groups attached to an aromatic ring is 1. The van der Waals surface area contributed by atoms with Crippen LogP contribution in [0.2, 0.25) is 0 Å². The van der Waals surface area contributed by atoms with E-state index in [4.69, 9.17) is 15.1 Å². The van der Waals surface area contributed by atoms with Crippen molar-refractivity contribution in [2.24, 2.45) is 15.1 Å². The van der Waals surface area contributed by atoms with E-state index in [2.05, 4.69) is 41.1 Å². The number of nitrogens with zero attached hydrogens (tertiary/aromatic N) is 8. The van der Waals surface area contributed by atoms with Crippen molar-refractivity contribution in [2.45, 2.75) is 11.5 Å². The van der Waals surface area contributed by atoms with Gasteiger partial charge in [-0.05, 0) is 34.1 Å². The number of thioether (sulfide) groups is 4. The van der Waals surface area contributed by atoms with Crippen molar-refractivity contribution < 1.29 is 14.2 Å². The minimum Gasteiger partial charge on any atom is -0.496 e. The zero-order valence-electron chi connectivity index (χ0n) is 20.1. The topological polar surface area (TPSA) is 171 Å². The largest absolute Gasteiger partial charge is 0.496 e. The highest BCUT2D eigenvalue weighted by molar-refractivity contribution is 8.39. The SMILES string of the molecule is COc1ccc(/C=N/NC(=O)c2nnn(-c3nonc3N)c2CSC2=NCCS2)cc1CSC1=NCCS1. The first-order chi connectivity index (χ1) is 18.6. The molecule has 3 aromatic rings. The van der Waals surface area contributed by atoms with Crippen molar-refractivity contribution in [1.29, 1.82) is 0 Å². The molecule has 1 aromatic carbocycles. The highest BCUT2D eigenvalue weighted by atomic mass is 32.2. The van der Waals surface area contributed by atoms with E-state index >= 15 is 0 Å². The fraction of sp³-hybridized carbons (Fsp3) is 0.333. The second-order valence-electron chi connectivity index (χ2n) is 7.61. The van der Waals surface area contributed by atoms with E-state index in [-0.39, 0.29) is 17.3 Å². The molecule has 2 aliphatic rings. The Morgan fingerprint density at radius 3 is 2.63 bits per heavy atom. The first-order valence-corrected chi connectivity index (χ1v) is 15.2. The number of methoxy groups -OCH3 is 1. The summed E-state index contributed by atoms with van der Waals surface area (Å²) in [5, 5.41) is 19.6. The molecule has 0 fully saturated rings. The first kappa shape index (κ1) is 26.6. The second-order valence-corrected chi connectivity index (χ2v) is 12.2. The van der Waals surface area contributed by atoms with Gasteiger partial charge >= 0.3 is 0 Å². The van der Waals surface area contributed by atoms with Crippen LogP contribution in [0.25, 0.3) is 5.82 Å². The van der Waals surface area contributed by atoms with Crippen molar-refractivity contribution >= 4 is 73.7 Å². The average Bonchev–Trinajstić information content (AvgIpc) is 3.74. The fourth-order valence-corrected chi connectivity index (χ4v) is 7.39. The molecule has 5 rings (SSSR count). The van der Waals surface area contributed by atoms with Crippen LogP contribution in [-0.4, -0.2) is 77.9 Å². The van der Waals surface area contributed by atoms with Crippen LogP contribution in [0, 0.1) is 0 Å². The van der Waals surface area contributed by atoms with Crippen LogP contribution in [0.5, 0.6) is 5.75 Å². The maximum Gasteiger partial charge on any atom is 0.293 e. The highest BCUT2D eigenvalue weighted by Crippen LogP contribution is 2.30. The van der Waals surface area contributed by atoms with Gasteiger partial charge in [-0.1, -0.05) is 52.3 Å². The van der Waals surface area contributed by atoms with E-state index in [1.165, 1.54) is 16.4 Å². The number of hydrogen-bond donors (Lipinski definition) is 2. The normalized spacial score (nSPS) is 15.2. The minimum absolute atomic E-state index is 0.0331. The lowest BCUT2D eigenvalue weighted by molar-refractivity contribution is 0.0949. The number of benzene rings is 1. The van der Waals surface area contributed by atoms with Gasteiger partial charge in [-0.3, -0.25) is 14.8 Å². The van der Waals surface area contributed by atoms with Gasteiger partial charge in [0, 0.05) is 28.6 Å². The summed E-state index contributed by atoms with van der Waals surface area (Å²) in [6, 6.07) is 5.72. The number of rotatable bonds is 9. The van der Waals surface area contributed by atoms with Gasteiger partial charge in [0.1, 0.15) is 14.5 Å². The molecular formula is C21H22N10O3S4. The third-order valence-electron chi connectivity index (χ3n) is 5.16. The lowest BCUT2D eigenvalue weighted by Crippen LogP contribution is -2.20. The van der Waals surface area contributed by atoms with E-state index < -0.39 is 5.91 Å². The fourth-order valence-electron chi connectivity index (χ4n) is 3.40. The van der Waals surface area contributed by atoms with Crippen molar-refractivity contribution in [1.82, 2.24) is 30.7 Å². The molecule has 0 atom stereocenters. The molecule has 0 radical (unpaired) electrons. The van der Waals surface area contributed by atoms with Crippen LogP contribution in [0.15, 0.2) is 37.9 Å². The minimum atomic E-state index is -0.528. The summed E-state index contributed by atoms with van der Waals surface area (Å²) in [7, 11) is 1.64. The average molecular weight is 591 g/mol. The molecule has 198 valence electrons. The van der Waals surface area contributed by atoms with Crippen LogP contribution in [0.4, 0.5) is 5.82 Å². The predicted molar refractivity (Wildman–Crippen MR) is 154 cm³/mol. The number of hydrogen-bond acceptors (Lipinski definition) is 15. The van der Waals surface area contributed by atoms with Crippen LogP contribution >= 0.6 is 47.0 Å². The molecule has 38 heavy (non-hydrogen) atoms. The van der Waals surface area contributed by atoms with E-state index in [9.17, 15) is 4.79 Å². The van der Waals surface area contributed by atoms with Gasteiger partial charge in [-0.2, -0.15) is 9.78 Å². The third-order valence-corrected chi connectivity index (χ3v) is 9.72. The number of aliphatic imine (C=N–C) groups is 2. The smallest absolute Gasteiger partial charge is 0.293 e. The molecule has 0 saturated heterocycles. The summed E-state index contributed by atoms with van der Waals surface area (Å²) in [5.74, 6) is 3.48. The molecule has 0 saturated carbocycles. The van der Waals surface area contributed by atoms with Crippen LogP contribution < -0.4 is 15.9 Å². The van der Waals surface area contributed by atoms with Crippen LogP contribution in [-0.2, 0) is 11.5 Å². The first-order valence-electron chi connectivity index (χ1n) is 11.3. The number of amides is 1. The molecule has 13 nitrogen and oxygen atoms in total. The van der Waals surface area contributed by atoms with E-state index in [1.54, 1.807) is 48.6 Å². The molecule has 17 heteroatoms.